The monoisotopic (exact) mass is 264 g/mol. The van der Waals surface area contributed by atoms with Gasteiger partial charge in [-0.05, 0) is 38.1 Å². The first kappa shape index (κ1) is 12.6. The van der Waals surface area contributed by atoms with Crippen molar-refractivity contribution in [1.82, 2.24) is 20.8 Å². The van der Waals surface area contributed by atoms with Gasteiger partial charge in [0.05, 0.1) is 6.04 Å². The third kappa shape index (κ3) is 2.63. The Morgan fingerprint density at radius 3 is 3.21 bits per heavy atom. The molecule has 6 nitrogen and oxygen atoms in total. The van der Waals surface area contributed by atoms with Crippen LogP contribution >= 0.6 is 0 Å². The molecule has 2 fully saturated rings. The lowest BCUT2D eigenvalue weighted by Gasteiger charge is -2.17. The minimum atomic E-state index is -0.00285. The fraction of sp³-hybridized carbons (Fsp3) is 0.769. The number of hydrogen-bond acceptors (Lipinski definition) is 5. The average Bonchev–Trinajstić information content (AvgIpc) is 3.04. The minimum Gasteiger partial charge on any atom is -0.354 e. The molecule has 19 heavy (non-hydrogen) atoms. The van der Waals surface area contributed by atoms with Gasteiger partial charge < -0.3 is 15.2 Å². The molecule has 104 valence electrons. The third-order valence-corrected chi connectivity index (χ3v) is 4.24. The summed E-state index contributed by atoms with van der Waals surface area (Å²) < 4.78 is 5.01. The van der Waals surface area contributed by atoms with E-state index in [9.17, 15) is 4.79 Å². The lowest BCUT2D eigenvalue weighted by molar-refractivity contribution is -0.123. The van der Waals surface area contributed by atoms with Crippen LogP contribution in [0, 0.1) is 18.8 Å². The summed E-state index contributed by atoms with van der Waals surface area (Å²) in [5.74, 6) is 2.56. The zero-order chi connectivity index (χ0) is 13.2. The normalized spacial score (nSPS) is 29.4. The van der Waals surface area contributed by atoms with E-state index >= 15 is 0 Å². The molecule has 1 saturated heterocycles. The minimum absolute atomic E-state index is 0.00285. The summed E-state index contributed by atoms with van der Waals surface area (Å²) in [4.78, 5) is 16.3. The Morgan fingerprint density at radius 2 is 2.42 bits per heavy atom. The first-order chi connectivity index (χ1) is 9.24. The molecule has 6 heteroatoms. The Labute approximate surface area is 112 Å². The van der Waals surface area contributed by atoms with Crippen LogP contribution in [0.15, 0.2) is 4.52 Å². The van der Waals surface area contributed by atoms with Crippen LogP contribution in [0.4, 0.5) is 0 Å². The van der Waals surface area contributed by atoms with Gasteiger partial charge in [0.2, 0.25) is 11.8 Å². The number of aryl methyl sites for hydroxylation is 1. The lowest BCUT2D eigenvalue weighted by atomic mass is 9.93. The fourth-order valence-corrected chi connectivity index (χ4v) is 3.32. The van der Waals surface area contributed by atoms with Crippen LogP contribution in [0.5, 0.6) is 0 Å². The van der Waals surface area contributed by atoms with Crippen LogP contribution in [-0.4, -0.2) is 35.2 Å². The molecule has 2 N–H and O–H groups in total. The van der Waals surface area contributed by atoms with Crippen LogP contribution in [0.25, 0.3) is 0 Å². The molecule has 0 bridgehead atoms. The van der Waals surface area contributed by atoms with Crippen molar-refractivity contribution in [3.8, 4) is 0 Å². The number of aromatic nitrogens is 2. The van der Waals surface area contributed by atoms with Gasteiger partial charge in [-0.1, -0.05) is 11.6 Å². The standard InChI is InChI=1S/C13H20N4O2/c1-8-16-11(19-17-8)5-6-14-13(18)12-10-4-2-3-9(10)7-15-12/h9-10,12,15H,2-7H2,1H3,(H,14,18). The highest BCUT2D eigenvalue weighted by Gasteiger charge is 2.42. The lowest BCUT2D eigenvalue weighted by Crippen LogP contribution is -2.44. The van der Waals surface area contributed by atoms with E-state index in [0.29, 0.717) is 36.5 Å². The highest BCUT2D eigenvalue weighted by atomic mass is 16.5. The van der Waals surface area contributed by atoms with E-state index in [-0.39, 0.29) is 11.9 Å². The van der Waals surface area contributed by atoms with E-state index in [0.717, 1.165) is 6.54 Å². The number of amides is 1. The van der Waals surface area contributed by atoms with Crippen molar-refractivity contribution >= 4 is 5.91 Å². The molecule has 1 saturated carbocycles. The second-order valence-corrected chi connectivity index (χ2v) is 5.52. The quantitative estimate of drug-likeness (QED) is 0.824. The molecule has 0 aromatic carbocycles. The van der Waals surface area contributed by atoms with Gasteiger partial charge in [-0.25, -0.2) is 0 Å². The molecule has 1 amide bonds. The van der Waals surface area contributed by atoms with Crippen LogP contribution in [0.3, 0.4) is 0 Å². The second kappa shape index (κ2) is 5.28. The van der Waals surface area contributed by atoms with Gasteiger partial charge in [-0.15, -0.1) is 0 Å². The van der Waals surface area contributed by atoms with Crippen molar-refractivity contribution in [2.75, 3.05) is 13.1 Å². The number of carbonyl (C=O) groups excluding carboxylic acids is 1. The molecule has 2 heterocycles. The number of fused-ring (bicyclic) bond motifs is 1. The molecule has 3 rings (SSSR count). The summed E-state index contributed by atoms with van der Waals surface area (Å²) in [6, 6.07) is -0.00285. The van der Waals surface area contributed by atoms with E-state index in [1.54, 1.807) is 6.92 Å². The summed E-state index contributed by atoms with van der Waals surface area (Å²) in [5, 5.41) is 10.0. The first-order valence-electron chi connectivity index (χ1n) is 7.04. The van der Waals surface area contributed by atoms with Gasteiger partial charge in [0.25, 0.3) is 0 Å². The highest BCUT2D eigenvalue weighted by Crippen LogP contribution is 2.37. The zero-order valence-corrected chi connectivity index (χ0v) is 11.2. The molecule has 0 spiro atoms. The van der Waals surface area contributed by atoms with Gasteiger partial charge in [0, 0.05) is 13.0 Å². The molecule has 3 unspecified atom stereocenters. The Balaban J connectivity index is 1.46. The van der Waals surface area contributed by atoms with E-state index in [4.69, 9.17) is 4.52 Å². The van der Waals surface area contributed by atoms with Crippen molar-refractivity contribution < 1.29 is 9.32 Å². The molecule has 1 aliphatic carbocycles. The molecule has 3 atom stereocenters. The summed E-state index contributed by atoms with van der Waals surface area (Å²) in [7, 11) is 0. The number of nitrogens with one attached hydrogen (secondary N) is 2. The Morgan fingerprint density at radius 1 is 1.53 bits per heavy atom. The average molecular weight is 264 g/mol. The van der Waals surface area contributed by atoms with Crippen molar-refractivity contribution in [3.05, 3.63) is 11.7 Å². The predicted octanol–water partition coefficient (Wildman–Crippen LogP) is 0.425. The first-order valence-corrected chi connectivity index (χ1v) is 7.04. The van der Waals surface area contributed by atoms with E-state index < -0.39 is 0 Å². The van der Waals surface area contributed by atoms with Gasteiger partial charge in [0.15, 0.2) is 5.82 Å². The van der Waals surface area contributed by atoms with Crippen LogP contribution in [-0.2, 0) is 11.2 Å². The zero-order valence-electron chi connectivity index (χ0n) is 11.2. The van der Waals surface area contributed by atoms with Gasteiger partial charge >= 0.3 is 0 Å². The molecule has 2 aliphatic rings. The van der Waals surface area contributed by atoms with Crippen LogP contribution in [0.1, 0.15) is 31.0 Å². The van der Waals surface area contributed by atoms with Crippen LogP contribution < -0.4 is 10.6 Å². The van der Waals surface area contributed by atoms with E-state index in [1.807, 2.05) is 0 Å². The molecular formula is C13H20N4O2. The largest absolute Gasteiger partial charge is 0.354 e. The van der Waals surface area contributed by atoms with Crippen molar-refractivity contribution in [2.24, 2.45) is 11.8 Å². The van der Waals surface area contributed by atoms with Crippen molar-refractivity contribution in [3.63, 3.8) is 0 Å². The molecule has 1 aromatic heterocycles. The van der Waals surface area contributed by atoms with Gasteiger partial charge in [0.1, 0.15) is 0 Å². The summed E-state index contributed by atoms with van der Waals surface area (Å²) in [6.45, 7) is 3.33. The maximum Gasteiger partial charge on any atom is 0.237 e. The van der Waals surface area contributed by atoms with E-state index in [2.05, 4.69) is 20.8 Å². The SMILES string of the molecule is Cc1noc(CCNC(=O)C2NCC3CCCC32)n1. The predicted molar refractivity (Wildman–Crippen MR) is 68.4 cm³/mol. The highest BCUT2D eigenvalue weighted by molar-refractivity contribution is 5.82. The number of hydrogen-bond donors (Lipinski definition) is 2. The van der Waals surface area contributed by atoms with Crippen molar-refractivity contribution in [1.29, 1.82) is 0 Å². The second-order valence-electron chi connectivity index (χ2n) is 5.52. The summed E-state index contributed by atoms with van der Waals surface area (Å²) in [6.07, 6.45) is 4.30. The van der Waals surface area contributed by atoms with Crippen molar-refractivity contribution in [2.45, 2.75) is 38.6 Å². The summed E-state index contributed by atoms with van der Waals surface area (Å²) in [5.41, 5.74) is 0. The smallest absolute Gasteiger partial charge is 0.237 e. The topological polar surface area (TPSA) is 80.0 Å². The Hall–Kier alpha value is -1.43. The number of carbonyl (C=O) groups is 1. The number of nitrogens with zero attached hydrogens (tertiary/aromatic N) is 2. The summed E-state index contributed by atoms with van der Waals surface area (Å²) >= 11 is 0. The van der Waals surface area contributed by atoms with Gasteiger partial charge in [-0.2, -0.15) is 4.98 Å². The Bertz CT molecular complexity index is 459. The third-order valence-electron chi connectivity index (χ3n) is 4.24. The fourth-order valence-electron chi connectivity index (χ4n) is 3.32. The van der Waals surface area contributed by atoms with E-state index in [1.165, 1.54) is 19.3 Å². The molecule has 1 aliphatic heterocycles. The van der Waals surface area contributed by atoms with Gasteiger partial charge in [-0.3, -0.25) is 4.79 Å². The molecule has 1 aromatic rings. The Kier molecular flexibility index (Phi) is 3.50. The molecular weight excluding hydrogens is 244 g/mol. The van der Waals surface area contributed by atoms with Crippen LogP contribution in [0.2, 0.25) is 0 Å². The molecule has 0 radical (unpaired) electrons. The maximum atomic E-state index is 12.1. The maximum absolute atomic E-state index is 12.1. The number of rotatable bonds is 4.